The second kappa shape index (κ2) is 4.69. The van der Waals surface area contributed by atoms with Crippen molar-refractivity contribution in [1.82, 2.24) is 5.59 Å². The fourth-order valence-corrected chi connectivity index (χ4v) is 1.37. The molecule has 82 valence electrons. The van der Waals surface area contributed by atoms with Gasteiger partial charge in [0.15, 0.2) is 0 Å². The molecule has 0 spiro atoms. The van der Waals surface area contributed by atoms with E-state index in [1.807, 2.05) is 0 Å². The number of rotatable bonds is 3. The van der Waals surface area contributed by atoms with Crippen LogP contribution in [0.3, 0.4) is 0 Å². The molecule has 4 heteroatoms. The second-order valence-electron chi connectivity index (χ2n) is 3.34. The standard InChI is InChI=1S/C12H11FN2O/c1-2-3-7-12-9-15(14-16-12)11-6-4-5-10(13)8-11/h1,4-6,8-9,14H,3,7H2. The molecule has 0 fully saturated rings. The van der Waals surface area contributed by atoms with E-state index in [1.54, 1.807) is 23.3 Å². The van der Waals surface area contributed by atoms with Crippen LogP contribution in [0, 0.1) is 18.2 Å². The number of terminal acetylenes is 1. The molecule has 1 N–H and O–H groups in total. The highest BCUT2D eigenvalue weighted by Gasteiger charge is 2.14. The molecule has 1 heterocycles. The van der Waals surface area contributed by atoms with Crippen LogP contribution in [0.1, 0.15) is 12.8 Å². The van der Waals surface area contributed by atoms with Crippen molar-refractivity contribution in [3.63, 3.8) is 0 Å². The van der Waals surface area contributed by atoms with Gasteiger partial charge in [-0.05, 0) is 18.2 Å². The van der Waals surface area contributed by atoms with Crippen molar-refractivity contribution in [2.24, 2.45) is 0 Å². The SMILES string of the molecule is C#CCCC1=CN(c2cccc(F)c2)NO1. The number of hydrogen-bond donors (Lipinski definition) is 1. The Morgan fingerprint density at radius 1 is 1.50 bits per heavy atom. The first-order chi connectivity index (χ1) is 7.79. The first-order valence-corrected chi connectivity index (χ1v) is 4.91. The molecule has 0 atom stereocenters. The third-order valence-electron chi connectivity index (χ3n) is 2.15. The van der Waals surface area contributed by atoms with E-state index < -0.39 is 0 Å². The van der Waals surface area contributed by atoms with Crippen LogP contribution in [-0.4, -0.2) is 0 Å². The van der Waals surface area contributed by atoms with Gasteiger partial charge in [-0.25, -0.2) is 9.40 Å². The lowest BCUT2D eigenvalue weighted by atomic mass is 10.3. The summed E-state index contributed by atoms with van der Waals surface area (Å²) in [6, 6.07) is 6.22. The Bertz CT molecular complexity index is 451. The van der Waals surface area contributed by atoms with Gasteiger partial charge >= 0.3 is 0 Å². The molecule has 16 heavy (non-hydrogen) atoms. The highest BCUT2D eigenvalue weighted by Crippen LogP contribution is 2.20. The fourth-order valence-electron chi connectivity index (χ4n) is 1.37. The minimum Gasteiger partial charge on any atom is -0.391 e. The molecule has 0 aliphatic carbocycles. The zero-order valence-corrected chi connectivity index (χ0v) is 8.61. The van der Waals surface area contributed by atoms with Crippen molar-refractivity contribution in [2.45, 2.75) is 12.8 Å². The Morgan fingerprint density at radius 2 is 2.38 bits per heavy atom. The van der Waals surface area contributed by atoms with Crippen LogP contribution < -0.4 is 10.6 Å². The van der Waals surface area contributed by atoms with Crippen LogP contribution in [0.15, 0.2) is 36.2 Å². The van der Waals surface area contributed by atoms with Gasteiger partial charge in [0.25, 0.3) is 0 Å². The maximum Gasteiger partial charge on any atom is 0.145 e. The monoisotopic (exact) mass is 218 g/mol. The molecular formula is C12H11FN2O. The van der Waals surface area contributed by atoms with E-state index in [0.29, 0.717) is 18.5 Å². The second-order valence-corrected chi connectivity index (χ2v) is 3.34. The van der Waals surface area contributed by atoms with Gasteiger partial charge < -0.3 is 4.84 Å². The number of nitrogens with zero attached hydrogens (tertiary/aromatic N) is 1. The highest BCUT2D eigenvalue weighted by molar-refractivity contribution is 5.48. The van der Waals surface area contributed by atoms with Crippen LogP contribution in [0.4, 0.5) is 10.1 Å². The Morgan fingerprint density at radius 3 is 3.12 bits per heavy atom. The molecule has 0 saturated carbocycles. The fraction of sp³-hybridized carbons (Fsp3) is 0.167. The van der Waals surface area contributed by atoms with Gasteiger partial charge in [0.2, 0.25) is 0 Å². The lowest BCUT2D eigenvalue weighted by Gasteiger charge is -2.13. The van der Waals surface area contributed by atoms with Gasteiger partial charge in [-0.2, -0.15) is 0 Å². The minimum absolute atomic E-state index is 0.287. The molecule has 1 aliphatic heterocycles. The van der Waals surface area contributed by atoms with E-state index in [1.165, 1.54) is 12.1 Å². The molecule has 0 bridgehead atoms. The van der Waals surface area contributed by atoms with Crippen molar-refractivity contribution in [3.8, 4) is 12.3 Å². The van der Waals surface area contributed by atoms with Gasteiger partial charge in [0.1, 0.15) is 11.6 Å². The Balaban J connectivity index is 2.08. The molecule has 1 aromatic carbocycles. The topological polar surface area (TPSA) is 24.5 Å². The van der Waals surface area contributed by atoms with E-state index in [4.69, 9.17) is 11.3 Å². The first kappa shape index (κ1) is 10.5. The maximum absolute atomic E-state index is 13.0. The summed E-state index contributed by atoms with van der Waals surface area (Å²) < 4.78 is 13.0. The van der Waals surface area contributed by atoms with Crippen molar-refractivity contribution in [2.75, 3.05) is 5.01 Å². The van der Waals surface area contributed by atoms with E-state index >= 15 is 0 Å². The molecular weight excluding hydrogens is 207 g/mol. The number of hydrazine groups is 1. The molecule has 1 aromatic rings. The van der Waals surface area contributed by atoms with E-state index in [0.717, 1.165) is 5.76 Å². The van der Waals surface area contributed by atoms with Crippen LogP contribution in [-0.2, 0) is 4.84 Å². The molecule has 1 aliphatic rings. The average molecular weight is 218 g/mol. The zero-order valence-electron chi connectivity index (χ0n) is 8.61. The number of hydrogen-bond acceptors (Lipinski definition) is 3. The smallest absolute Gasteiger partial charge is 0.145 e. The third-order valence-corrected chi connectivity index (χ3v) is 2.15. The molecule has 3 nitrogen and oxygen atoms in total. The molecule has 2 rings (SSSR count). The summed E-state index contributed by atoms with van der Waals surface area (Å²) in [6.45, 7) is 0. The number of benzene rings is 1. The van der Waals surface area contributed by atoms with Crippen molar-refractivity contribution < 1.29 is 9.23 Å². The van der Waals surface area contributed by atoms with Crippen molar-refractivity contribution in [1.29, 1.82) is 0 Å². The summed E-state index contributed by atoms with van der Waals surface area (Å²) in [5.41, 5.74) is 3.34. The summed E-state index contributed by atoms with van der Waals surface area (Å²) in [7, 11) is 0. The van der Waals surface area contributed by atoms with Gasteiger partial charge in [-0.1, -0.05) is 11.7 Å². The summed E-state index contributed by atoms with van der Waals surface area (Å²) in [6.07, 6.45) is 8.19. The summed E-state index contributed by atoms with van der Waals surface area (Å²) in [5, 5.41) is 1.61. The predicted octanol–water partition coefficient (Wildman–Crippen LogP) is 2.34. The summed E-state index contributed by atoms with van der Waals surface area (Å²) in [4.78, 5) is 5.18. The Labute approximate surface area is 93.4 Å². The number of allylic oxidation sites excluding steroid dienone is 1. The maximum atomic E-state index is 13.0. The Hall–Kier alpha value is -1.99. The van der Waals surface area contributed by atoms with Crippen LogP contribution in [0.5, 0.6) is 0 Å². The third kappa shape index (κ3) is 2.33. The van der Waals surface area contributed by atoms with E-state index in [9.17, 15) is 4.39 Å². The van der Waals surface area contributed by atoms with Gasteiger partial charge in [0, 0.05) is 12.8 Å². The first-order valence-electron chi connectivity index (χ1n) is 4.91. The van der Waals surface area contributed by atoms with Gasteiger partial charge in [-0.3, -0.25) is 0 Å². The van der Waals surface area contributed by atoms with Crippen LogP contribution >= 0.6 is 0 Å². The lowest BCUT2D eigenvalue weighted by molar-refractivity contribution is 0.124. The van der Waals surface area contributed by atoms with E-state index in [-0.39, 0.29) is 5.82 Å². The summed E-state index contributed by atoms with van der Waals surface area (Å²) in [5.74, 6) is 2.98. The normalized spacial score (nSPS) is 14.2. The van der Waals surface area contributed by atoms with E-state index in [2.05, 4.69) is 11.5 Å². The largest absolute Gasteiger partial charge is 0.391 e. The average Bonchev–Trinajstić information content (AvgIpc) is 2.75. The predicted molar refractivity (Wildman–Crippen MR) is 59.2 cm³/mol. The minimum atomic E-state index is -0.287. The lowest BCUT2D eigenvalue weighted by Crippen LogP contribution is -2.27. The van der Waals surface area contributed by atoms with Crippen molar-refractivity contribution >= 4 is 5.69 Å². The van der Waals surface area contributed by atoms with Crippen LogP contribution in [0.2, 0.25) is 0 Å². The number of halogens is 1. The molecule has 0 radical (unpaired) electrons. The summed E-state index contributed by atoms with van der Waals surface area (Å²) >= 11 is 0. The Kier molecular flexibility index (Phi) is 3.08. The number of nitrogens with one attached hydrogen (secondary N) is 1. The quantitative estimate of drug-likeness (QED) is 0.788. The van der Waals surface area contributed by atoms with Gasteiger partial charge in [-0.15, -0.1) is 12.3 Å². The number of anilines is 1. The molecule has 0 unspecified atom stereocenters. The zero-order chi connectivity index (χ0) is 11.4. The highest BCUT2D eigenvalue weighted by atomic mass is 19.1. The van der Waals surface area contributed by atoms with Gasteiger partial charge in [0.05, 0.1) is 11.9 Å². The molecule has 0 amide bonds. The van der Waals surface area contributed by atoms with Crippen LogP contribution in [0.25, 0.3) is 0 Å². The van der Waals surface area contributed by atoms with Crippen molar-refractivity contribution in [3.05, 3.63) is 42.0 Å². The molecule has 0 aromatic heterocycles. The molecule has 0 saturated heterocycles.